The van der Waals surface area contributed by atoms with Crippen LogP contribution < -0.4 is 4.74 Å². The van der Waals surface area contributed by atoms with Gasteiger partial charge in [0, 0.05) is 17.6 Å². The molecule has 1 atom stereocenters. The molecule has 1 fully saturated rings. The van der Waals surface area contributed by atoms with Gasteiger partial charge in [-0.25, -0.2) is 0 Å². The minimum Gasteiger partial charge on any atom is -0.496 e. The number of methoxy groups -OCH3 is 1. The van der Waals surface area contributed by atoms with Crippen molar-refractivity contribution in [2.24, 2.45) is 0 Å². The second-order valence-corrected chi connectivity index (χ2v) is 5.34. The number of carbonyl (C=O) groups excluding carboxylic acids is 1. The van der Waals surface area contributed by atoms with E-state index in [4.69, 9.17) is 16.3 Å². The number of amides is 1. The number of rotatable bonds is 3. The number of piperidine rings is 1. The summed E-state index contributed by atoms with van der Waals surface area (Å²) in [7, 11) is 1.58. The summed E-state index contributed by atoms with van der Waals surface area (Å²) >= 11 is 6.00. The number of benzene rings is 1. The maximum atomic E-state index is 12.7. The summed E-state index contributed by atoms with van der Waals surface area (Å²) in [5.41, 5.74) is 0.565. The van der Waals surface area contributed by atoms with Crippen molar-refractivity contribution in [2.45, 2.75) is 38.6 Å². The summed E-state index contributed by atoms with van der Waals surface area (Å²) in [4.78, 5) is 14.7. The van der Waals surface area contributed by atoms with Crippen LogP contribution in [0.1, 0.15) is 43.0 Å². The lowest BCUT2D eigenvalue weighted by Gasteiger charge is -2.35. The molecule has 1 aromatic carbocycles. The fraction of sp³-hybridized carbons (Fsp3) is 0.533. The zero-order chi connectivity index (χ0) is 13.8. The van der Waals surface area contributed by atoms with Gasteiger partial charge >= 0.3 is 0 Å². The molecule has 3 nitrogen and oxygen atoms in total. The van der Waals surface area contributed by atoms with E-state index in [1.165, 1.54) is 6.42 Å². The van der Waals surface area contributed by atoms with E-state index < -0.39 is 0 Å². The van der Waals surface area contributed by atoms with E-state index in [0.29, 0.717) is 22.4 Å². The molecule has 4 heteroatoms. The molecule has 1 heterocycles. The minimum absolute atomic E-state index is 0.0332. The Labute approximate surface area is 119 Å². The second kappa shape index (κ2) is 6.29. The summed E-state index contributed by atoms with van der Waals surface area (Å²) in [5, 5.41) is 0.564. The van der Waals surface area contributed by atoms with Crippen LogP contribution >= 0.6 is 11.6 Å². The molecule has 1 aliphatic rings. The molecule has 0 bridgehead atoms. The lowest BCUT2D eigenvalue weighted by atomic mass is 9.98. The first-order valence-corrected chi connectivity index (χ1v) is 7.19. The lowest BCUT2D eigenvalue weighted by Crippen LogP contribution is -2.43. The normalized spacial score (nSPS) is 19.3. The van der Waals surface area contributed by atoms with E-state index in [1.54, 1.807) is 25.3 Å². The average Bonchev–Trinajstić information content (AvgIpc) is 2.46. The highest BCUT2D eigenvalue weighted by Crippen LogP contribution is 2.27. The third-order valence-electron chi connectivity index (χ3n) is 3.75. The van der Waals surface area contributed by atoms with Crippen LogP contribution in [0.25, 0.3) is 0 Å². The van der Waals surface area contributed by atoms with Gasteiger partial charge in [-0.15, -0.1) is 0 Å². The average molecular weight is 282 g/mol. The molecular formula is C15H20ClNO2. The standard InChI is InChI=1S/C15H20ClNO2/c1-3-12-6-4-5-9-17(12)15(18)13-10-11(16)7-8-14(13)19-2/h7-8,10,12H,3-6,9H2,1-2H3. The zero-order valence-corrected chi connectivity index (χ0v) is 12.2. The van der Waals surface area contributed by atoms with Crippen molar-refractivity contribution < 1.29 is 9.53 Å². The van der Waals surface area contributed by atoms with Crippen LogP contribution in [0.3, 0.4) is 0 Å². The molecule has 1 unspecified atom stereocenters. The maximum Gasteiger partial charge on any atom is 0.257 e. The van der Waals surface area contributed by atoms with Gasteiger partial charge in [-0.2, -0.15) is 0 Å². The van der Waals surface area contributed by atoms with Gasteiger partial charge in [-0.3, -0.25) is 4.79 Å². The number of nitrogens with zero attached hydrogens (tertiary/aromatic N) is 1. The Bertz CT molecular complexity index is 461. The number of halogens is 1. The van der Waals surface area contributed by atoms with Gasteiger partial charge in [0.25, 0.3) is 5.91 Å². The van der Waals surface area contributed by atoms with E-state index >= 15 is 0 Å². The highest BCUT2D eigenvalue weighted by molar-refractivity contribution is 6.31. The zero-order valence-electron chi connectivity index (χ0n) is 11.5. The molecule has 0 saturated carbocycles. The van der Waals surface area contributed by atoms with Gasteiger partial charge < -0.3 is 9.64 Å². The van der Waals surface area contributed by atoms with Crippen molar-refractivity contribution in [3.05, 3.63) is 28.8 Å². The predicted octanol–water partition coefficient (Wildman–Crippen LogP) is 3.75. The fourth-order valence-corrected chi connectivity index (χ4v) is 2.87. The van der Waals surface area contributed by atoms with Crippen molar-refractivity contribution in [3.8, 4) is 5.75 Å². The second-order valence-electron chi connectivity index (χ2n) is 4.90. The van der Waals surface area contributed by atoms with Gasteiger partial charge in [-0.1, -0.05) is 18.5 Å². The van der Waals surface area contributed by atoms with Crippen LogP contribution in [0.4, 0.5) is 0 Å². The quantitative estimate of drug-likeness (QED) is 0.844. The van der Waals surface area contributed by atoms with Crippen molar-refractivity contribution >= 4 is 17.5 Å². The Hall–Kier alpha value is -1.22. The van der Waals surface area contributed by atoms with E-state index in [-0.39, 0.29) is 5.91 Å². The Morgan fingerprint density at radius 3 is 2.95 bits per heavy atom. The van der Waals surface area contributed by atoms with Crippen LogP contribution in [0.5, 0.6) is 5.75 Å². The molecule has 19 heavy (non-hydrogen) atoms. The van der Waals surface area contributed by atoms with E-state index in [2.05, 4.69) is 6.92 Å². The highest BCUT2D eigenvalue weighted by atomic mass is 35.5. The van der Waals surface area contributed by atoms with Crippen LogP contribution in [0.15, 0.2) is 18.2 Å². The SMILES string of the molecule is CCC1CCCCN1C(=O)c1cc(Cl)ccc1OC. The molecule has 1 saturated heterocycles. The molecule has 0 aromatic heterocycles. The molecule has 0 spiro atoms. The summed E-state index contributed by atoms with van der Waals surface area (Å²) in [6.07, 6.45) is 4.36. The molecular weight excluding hydrogens is 262 g/mol. The Morgan fingerprint density at radius 1 is 1.47 bits per heavy atom. The van der Waals surface area contributed by atoms with Gasteiger partial charge in [0.2, 0.25) is 0 Å². The van der Waals surface area contributed by atoms with Gasteiger partial charge in [0.05, 0.1) is 12.7 Å². The van der Waals surface area contributed by atoms with Crippen molar-refractivity contribution in [1.82, 2.24) is 4.90 Å². The Balaban J connectivity index is 2.29. The minimum atomic E-state index is 0.0332. The van der Waals surface area contributed by atoms with Crippen molar-refractivity contribution in [1.29, 1.82) is 0 Å². The van der Waals surface area contributed by atoms with Crippen LogP contribution in [0, 0.1) is 0 Å². The predicted molar refractivity (Wildman–Crippen MR) is 77.0 cm³/mol. The molecule has 0 radical (unpaired) electrons. The summed E-state index contributed by atoms with van der Waals surface area (Å²) in [5.74, 6) is 0.626. The fourth-order valence-electron chi connectivity index (χ4n) is 2.69. The van der Waals surface area contributed by atoms with Gasteiger partial charge in [0.1, 0.15) is 5.75 Å². The van der Waals surface area contributed by atoms with E-state index in [9.17, 15) is 4.79 Å². The third kappa shape index (κ3) is 3.03. The molecule has 104 valence electrons. The molecule has 1 amide bonds. The van der Waals surface area contributed by atoms with Gasteiger partial charge in [-0.05, 0) is 43.9 Å². The molecule has 0 N–H and O–H groups in total. The van der Waals surface area contributed by atoms with Crippen LogP contribution in [0.2, 0.25) is 5.02 Å². The highest BCUT2D eigenvalue weighted by Gasteiger charge is 2.27. The Kier molecular flexibility index (Phi) is 4.70. The maximum absolute atomic E-state index is 12.7. The first-order valence-electron chi connectivity index (χ1n) is 6.82. The molecule has 1 aliphatic heterocycles. The van der Waals surface area contributed by atoms with Gasteiger partial charge in [0.15, 0.2) is 0 Å². The summed E-state index contributed by atoms with van der Waals surface area (Å²) < 4.78 is 5.28. The summed E-state index contributed by atoms with van der Waals surface area (Å²) in [6, 6.07) is 5.53. The lowest BCUT2D eigenvalue weighted by molar-refractivity contribution is 0.0604. The Morgan fingerprint density at radius 2 is 2.26 bits per heavy atom. The van der Waals surface area contributed by atoms with Crippen LogP contribution in [-0.4, -0.2) is 30.5 Å². The number of hydrogen-bond donors (Lipinski definition) is 0. The number of hydrogen-bond acceptors (Lipinski definition) is 2. The van der Waals surface area contributed by atoms with E-state index in [0.717, 1.165) is 25.8 Å². The smallest absolute Gasteiger partial charge is 0.257 e. The third-order valence-corrected chi connectivity index (χ3v) is 3.99. The number of carbonyl (C=O) groups is 1. The largest absolute Gasteiger partial charge is 0.496 e. The first-order chi connectivity index (χ1) is 9.17. The number of likely N-dealkylation sites (tertiary alicyclic amines) is 1. The number of ether oxygens (including phenoxy) is 1. The van der Waals surface area contributed by atoms with Crippen LogP contribution in [-0.2, 0) is 0 Å². The first kappa shape index (κ1) is 14.2. The van der Waals surface area contributed by atoms with Crippen molar-refractivity contribution in [3.63, 3.8) is 0 Å². The topological polar surface area (TPSA) is 29.5 Å². The summed E-state index contributed by atoms with van der Waals surface area (Å²) in [6.45, 7) is 2.96. The molecule has 1 aromatic rings. The van der Waals surface area contributed by atoms with E-state index in [1.807, 2.05) is 4.90 Å². The molecule has 0 aliphatic carbocycles. The van der Waals surface area contributed by atoms with Crippen molar-refractivity contribution in [2.75, 3.05) is 13.7 Å². The monoisotopic (exact) mass is 281 g/mol. The molecule has 2 rings (SSSR count).